The molecule has 1 unspecified atom stereocenters. The van der Waals surface area contributed by atoms with Gasteiger partial charge in [-0.2, -0.15) is 0 Å². The van der Waals surface area contributed by atoms with Crippen LogP contribution in [0.25, 0.3) is 0 Å². The van der Waals surface area contributed by atoms with E-state index < -0.39 is 23.5 Å². The van der Waals surface area contributed by atoms with Crippen LogP contribution in [0.5, 0.6) is 0 Å². The maximum absolute atomic E-state index is 13.0. The van der Waals surface area contributed by atoms with Gasteiger partial charge in [0.25, 0.3) is 5.91 Å². The van der Waals surface area contributed by atoms with Crippen LogP contribution in [-0.4, -0.2) is 16.8 Å². The Morgan fingerprint density at radius 3 is 2.70 bits per heavy atom. The van der Waals surface area contributed by atoms with Crippen molar-refractivity contribution in [2.45, 2.75) is 13.0 Å². The van der Waals surface area contributed by atoms with Crippen molar-refractivity contribution in [3.63, 3.8) is 0 Å². The number of carbonyl (C=O) groups excluding carboxylic acids is 2. The molecule has 2 aromatic heterocycles. The number of anilines is 1. The molecule has 1 aromatic carbocycles. The zero-order chi connectivity index (χ0) is 19.1. The first-order chi connectivity index (χ1) is 13.0. The fourth-order valence-corrected chi connectivity index (χ4v) is 4.28. The number of hydrogen-bond acceptors (Lipinski definition) is 5. The Hall–Kier alpha value is -2.83. The summed E-state index contributed by atoms with van der Waals surface area (Å²) in [6.07, 6.45) is 1.38. The number of amides is 1. The van der Waals surface area contributed by atoms with Gasteiger partial charge in [0, 0.05) is 15.6 Å². The maximum atomic E-state index is 13.0. The van der Waals surface area contributed by atoms with Crippen LogP contribution in [0.1, 0.15) is 27.0 Å². The third-order valence-electron chi connectivity index (χ3n) is 4.43. The molecule has 7 heteroatoms. The zero-order valence-corrected chi connectivity index (χ0v) is 15.8. The van der Waals surface area contributed by atoms with Crippen molar-refractivity contribution in [1.29, 1.82) is 0 Å². The first kappa shape index (κ1) is 17.6. The summed E-state index contributed by atoms with van der Waals surface area (Å²) in [5, 5.41) is 13.0. The number of thiophene rings is 1. The van der Waals surface area contributed by atoms with Crippen molar-refractivity contribution >= 4 is 40.3 Å². The van der Waals surface area contributed by atoms with Gasteiger partial charge in [-0.05, 0) is 54.3 Å². The second kappa shape index (κ2) is 6.72. The molecular weight excluding hydrogens is 386 g/mol. The molecular formula is C20H14ClNO4S. The lowest BCUT2D eigenvalue weighted by Crippen LogP contribution is -2.31. The van der Waals surface area contributed by atoms with Gasteiger partial charge in [0.1, 0.15) is 6.04 Å². The van der Waals surface area contributed by atoms with Crippen molar-refractivity contribution in [1.82, 2.24) is 0 Å². The predicted octanol–water partition coefficient (Wildman–Crippen LogP) is 5.09. The number of rotatable bonds is 4. The average molecular weight is 400 g/mol. The van der Waals surface area contributed by atoms with Gasteiger partial charge < -0.3 is 9.52 Å². The van der Waals surface area contributed by atoms with E-state index in [9.17, 15) is 14.7 Å². The third-order valence-corrected chi connectivity index (χ3v) is 5.59. The number of aliphatic hydroxyl groups is 1. The van der Waals surface area contributed by atoms with Crippen LogP contribution in [0.3, 0.4) is 0 Å². The first-order valence-electron chi connectivity index (χ1n) is 8.13. The SMILES string of the molecule is Cc1cc(Cl)ccc1N1C(=O)C(O)=C(C(=O)c2ccco2)C1c1cccs1. The molecule has 27 heavy (non-hydrogen) atoms. The van der Waals surface area contributed by atoms with Gasteiger partial charge in [-0.3, -0.25) is 14.5 Å². The van der Waals surface area contributed by atoms with E-state index in [4.69, 9.17) is 16.0 Å². The van der Waals surface area contributed by atoms with Gasteiger partial charge in [-0.25, -0.2) is 0 Å². The number of ketones is 1. The van der Waals surface area contributed by atoms with Crippen LogP contribution < -0.4 is 4.90 Å². The Balaban J connectivity index is 1.89. The molecule has 3 heterocycles. The molecule has 1 aliphatic rings. The lowest BCUT2D eigenvalue weighted by Gasteiger charge is -2.27. The van der Waals surface area contributed by atoms with Crippen LogP contribution in [-0.2, 0) is 4.79 Å². The van der Waals surface area contributed by atoms with E-state index >= 15 is 0 Å². The van der Waals surface area contributed by atoms with E-state index in [1.54, 1.807) is 24.3 Å². The number of nitrogens with zero attached hydrogens (tertiary/aromatic N) is 1. The summed E-state index contributed by atoms with van der Waals surface area (Å²) in [4.78, 5) is 28.1. The molecule has 1 amide bonds. The molecule has 0 spiro atoms. The molecule has 0 radical (unpaired) electrons. The van der Waals surface area contributed by atoms with Crippen LogP contribution in [0, 0.1) is 6.92 Å². The molecule has 1 atom stereocenters. The van der Waals surface area contributed by atoms with Gasteiger partial charge >= 0.3 is 0 Å². The van der Waals surface area contributed by atoms with Crippen LogP contribution in [0.15, 0.2) is 69.9 Å². The fourth-order valence-electron chi connectivity index (χ4n) is 3.23. The number of furan rings is 1. The standard InChI is InChI=1S/C20H14ClNO4S/c1-11-10-12(21)6-7-13(11)22-17(15-5-3-9-27-15)16(19(24)20(22)25)18(23)14-4-2-8-26-14/h2-10,17,24H,1H3. The van der Waals surface area contributed by atoms with Gasteiger partial charge in [0.2, 0.25) is 5.78 Å². The summed E-state index contributed by atoms with van der Waals surface area (Å²) in [6.45, 7) is 1.82. The first-order valence-corrected chi connectivity index (χ1v) is 9.39. The highest BCUT2D eigenvalue weighted by Crippen LogP contribution is 2.44. The minimum Gasteiger partial charge on any atom is -0.503 e. The Morgan fingerprint density at radius 1 is 1.26 bits per heavy atom. The van der Waals surface area contributed by atoms with Crippen molar-refractivity contribution in [3.8, 4) is 0 Å². The van der Waals surface area contributed by atoms with E-state index in [1.165, 1.54) is 28.6 Å². The Bertz CT molecular complexity index is 1050. The number of aryl methyl sites for hydroxylation is 1. The van der Waals surface area contributed by atoms with Gasteiger partial charge in [-0.1, -0.05) is 17.7 Å². The molecule has 0 saturated carbocycles. The lowest BCUT2D eigenvalue weighted by molar-refractivity contribution is -0.117. The molecule has 0 aliphatic carbocycles. The zero-order valence-electron chi connectivity index (χ0n) is 14.2. The predicted molar refractivity (Wildman–Crippen MR) is 103 cm³/mol. The molecule has 0 bridgehead atoms. The molecule has 0 saturated heterocycles. The van der Waals surface area contributed by atoms with Crippen LogP contribution >= 0.6 is 22.9 Å². The second-order valence-corrected chi connectivity index (χ2v) is 7.51. The Morgan fingerprint density at radius 2 is 2.07 bits per heavy atom. The number of aliphatic hydroxyl groups excluding tert-OH is 1. The minimum absolute atomic E-state index is 0.00625. The summed E-state index contributed by atoms with van der Waals surface area (Å²) >= 11 is 7.45. The summed E-state index contributed by atoms with van der Waals surface area (Å²) in [7, 11) is 0. The highest BCUT2D eigenvalue weighted by atomic mass is 35.5. The molecule has 0 fully saturated rings. The third kappa shape index (κ3) is 2.87. The van der Waals surface area contributed by atoms with E-state index in [1.807, 2.05) is 24.4 Å². The Kier molecular flexibility index (Phi) is 4.37. The van der Waals surface area contributed by atoms with Gasteiger partial charge in [0.15, 0.2) is 11.5 Å². The van der Waals surface area contributed by atoms with Crippen LogP contribution in [0.4, 0.5) is 5.69 Å². The number of benzene rings is 1. The van der Waals surface area contributed by atoms with Gasteiger partial charge in [0.05, 0.1) is 11.8 Å². The van der Waals surface area contributed by atoms with E-state index in [2.05, 4.69) is 0 Å². The highest BCUT2D eigenvalue weighted by Gasteiger charge is 2.46. The summed E-state index contributed by atoms with van der Waals surface area (Å²) in [6, 6.07) is 11.1. The highest BCUT2D eigenvalue weighted by molar-refractivity contribution is 7.10. The average Bonchev–Trinajstić information content (AvgIpc) is 3.38. The number of hydrogen-bond donors (Lipinski definition) is 1. The summed E-state index contributed by atoms with van der Waals surface area (Å²) in [5.41, 5.74) is 1.35. The van der Waals surface area contributed by atoms with Crippen LogP contribution in [0.2, 0.25) is 5.02 Å². The quantitative estimate of drug-likeness (QED) is 0.620. The van der Waals surface area contributed by atoms with E-state index in [0.29, 0.717) is 10.7 Å². The van der Waals surface area contributed by atoms with Gasteiger partial charge in [-0.15, -0.1) is 11.3 Å². The molecule has 1 N–H and O–H groups in total. The molecule has 4 rings (SSSR count). The topological polar surface area (TPSA) is 70.8 Å². The normalized spacial score (nSPS) is 17.0. The summed E-state index contributed by atoms with van der Waals surface area (Å²) < 4.78 is 5.20. The molecule has 1 aliphatic heterocycles. The van der Waals surface area contributed by atoms with Crippen molar-refractivity contribution < 1.29 is 19.1 Å². The molecule has 136 valence electrons. The molecule has 5 nitrogen and oxygen atoms in total. The smallest absolute Gasteiger partial charge is 0.294 e. The fraction of sp³-hybridized carbons (Fsp3) is 0.100. The minimum atomic E-state index is -0.741. The number of halogens is 1. The monoisotopic (exact) mass is 399 g/mol. The molecule has 3 aromatic rings. The van der Waals surface area contributed by atoms with Crippen molar-refractivity contribution in [2.24, 2.45) is 0 Å². The Labute approximate surface area is 164 Å². The van der Waals surface area contributed by atoms with Crippen molar-refractivity contribution in [2.75, 3.05) is 4.90 Å². The number of carbonyl (C=O) groups is 2. The second-order valence-electron chi connectivity index (χ2n) is 6.09. The van der Waals surface area contributed by atoms with Crippen molar-refractivity contribution in [3.05, 3.63) is 86.7 Å². The summed E-state index contributed by atoms with van der Waals surface area (Å²) in [5.74, 6) is -1.64. The lowest BCUT2D eigenvalue weighted by atomic mass is 10.00. The number of Topliss-reactive ketones (excluding diaryl/α,β-unsaturated/α-hetero) is 1. The maximum Gasteiger partial charge on any atom is 0.294 e. The van der Waals surface area contributed by atoms with E-state index in [-0.39, 0.29) is 11.3 Å². The van der Waals surface area contributed by atoms with E-state index in [0.717, 1.165) is 10.4 Å². The largest absolute Gasteiger partial charge is 0.503 e.